The van der Waals surface area contributed by atoms with E-state index >= 15 is 0 Å². The molecule has 0 saturated carbocycles. The quantitative estimate of drug-likeness (QED) is 0.871. The molecule has 0 aliphatic heterocycles. The van der Waals surface area contributed by atoms with E-state index in [-0.39, 0.29) is 0 Å². The number of nitrogens with zero attached hydrogens (tertiary/aromatic N) is 2. The molecule has 0 amide bonds. The first-order chi connectivity index (χ1) is 7.49. The number of oxazole rings is 1. The molecule has 0 fully saturated rings. The average Bonchev–Trinajstić information content (AvgIpc) is 2.63. The van der Waals surface area contributed by atoms with Crippen molar-refractivity contribution in [3.63, 3.8) is 0 Å². The Labute approximate surface area is 93.1 Å². The molecule has 6 nitrogen and oxygen atoms in total. The minimum atomic E-state index is -3.48. The Morgan fingerprint density at radius 2 is 2.12 bits per heavy atom. The van der Waals surface area contributed by atoms with E-state index in [1.807, 2.05) is 0 Å². The summed E-state index contributed by atoms with van der Waals surface area (Å²) >= 11 is 0. The number of aromatic nitrogens is 1. The van der Waals surface area contributed by atoms with Crippen LogP contribution in [0.4, 0.5) is 5.69 Å². The normalized spacial score (nSPS) is 12.2. The molecule has 16 heavy (non-hydrogen) atoms. The predicted molar refractivity (Wildman–Crippen MR) is 60.2 cm³/mol. The molecule has 2 rings (SSSR count). The summed E-state index contributed by atoms with van der Waals surface area (Å²) in [6, 6.07) is 4.89. The number of hydrogen-bond donors (Lipinski definition) is 1. The lowest BCUT2D eigenvalue weighted by molar-refractivity contribution is 0.527. The fraction of sp³-hybridized carbons (Fsp3) is 0.222. The van der Waals surface area contributed by atoms with E-state index in [9.17, 15) is 8.42 Å². The van der Waals surface area contributed by atoms with Crippen LogP contribution < -0.4 is 4.72 Å². The lowest BCUT2D eigenvalue weighted by Crippen LogP contribution is -2.28. The van der Waals surface area contributed by atoms with Crippen LogP contribution in [0.15, 0.2) is 29.0 Å². The second-order valence-corrected chi connectivity index (χ2v) is 5.31. The summed E-state index contributed by atoms with van der Waals surface area (Å²) in [6.07, 6.45) is 1.31. The van der Waals surface area contributed by atoms with Crippen LogP contribution in [0.3, 0.4) is 0 Å². The van der Waals surface area contributed by atoms with Gasteiger partial charge in [-0.3, -0.25) is 4.72 Å². The van der Waals surface area contributed by atoms with E-state index < -0.39 is 10.2 Å². The van der Waals surface area contributed by atoms with Gasteiger partial charge in [0, 0.05) is 14.1 Å². The van der Waals surface area contributed by atoms with Crippen molar-refractivity contribution in [2.75, 3.05) is 18.8 Å². The highest BCUT2D eigenvalue weighted by molar-refractivity contribution is 7.90. The van der Waals surface area contributed by atoms with Gasteiger partial charge in [-0.25, -0.2) is 4.98 Å². The zero-order valence-electron chi connectivity index (χ0n) is 8.84. The van der Waals surface area contributed by atoms with Crippen molar-refractivity contribution in [3.8, 4) is 0 Å². The van der Waals surface area contributed by atoms with E-state index in [4.69, 9.17) is 4.42 Å². The van der Waals surface area contributed by atoms with Crippen LogP contribution in [0.2, 0.25) is 0 Å². The van der Waals surface area contributed by atoms with Gasteiger partial charge in [-0.1, -0.05) is 0 Å². The highest BCUT2D eigenvalue weighted by atomic mass is 32.2. The molecule has 0 aliphatic carbocycles. The van der Waals surface area contributed by atoms with Crippen molar-refractivity contribution in [2.45, 2.75) is 0 Å². The molecule has 1 aromatic carbocycles. The van der Waals surface area contributed by atoms with Crippen molar-refractivity contribution >= 4 is 27.0 Å². The Kier molecular flexibility index (Phi) is 2.56. The van der Waals surface area contributed by atoms with Crippen molar-refractivity contribution < 1.29 is 12.8 Å². The number of hydrogen-bond acceptors (Lipinski definition) is 4. The molecule has 0 aliphatic rings. The first-order valence-electron chi connectivity index (χ1n) is 4.52. The Morgan fingerprint density at radius 3 is 2.81 bits per heavy atom. The third-order valence-corrected chi connectivity index (χ3v) is 3.51. The van der Waals surface area contributed by atoms with Crippen LogP contribution in [-0.2, 0) is 10.2 Å². The molecule has 0 radical (unpaired) electrons. The molecular weight excluding hydrogens is 230 g/mol. The van der Waals surface area contributed by atoms with E-state index in [0.29, 0.717) is 16.8 Å². The highest BCUT2D eigenvalue weighted by Crippen LogP contribution is 2.18. The van der Waals surface area contributed by atoms with E-state index in [1.165, 1.54) is 20.5 Å². The summed E-state index contributed by atoms with van der Waals surface area (Å²) in [7, 11) is -0.567. The second-order valence-electron chi connectivity index (χ2n) is 3.42. The van der Waals surface area contributed by atoms with Crippen molar-refractivity contribution in [3.05, 3.63) is 24.6 Å². The Balaban J connectivity index is 2.34. The molecule has 0 spiro atoms. The van der Waals surface area contributed by atoms with Gasteiger partial charge >= 0.3 is 10.2 Å². The van der Waals surface area contributed by atoms with E-state index in [2.05, 4.69) is 9.71 Å². The largest absolute Gasteiger partial charge is 0.443 e. The molecule has 0 unspecified atom stereocenters. The van der Waals surface area contributed by atoms with Gasteiger partial charge < -0.3 is 4.42 Å². The number of benzene rings is 1. The minimum Gasteiger partial charge on any atom is -0.443 e. The van der Waals surface area contributed by atoms with Gasteiger partial charge in [0.2, 0.25) is 0 Å². The molecule has 0 atom stereocenters. The predicted octanol–water partition coefficient (Wildman–Crippen LogP) is 1.05. The molecule has 0 saturated heterocycles. The van der Waals surface area contributed by atoms with E-state index in [1.54, 1.807) is 18.2 Å². The maximum absolute atomic E-state index is 11.5. The standard InChI is InChI=1S/C9H11N3O3S/c1-12(2)16(13,14)11-7-3-4-9-8(5-7)10-6-15-9/h3-6,11H,1-2H3. The molecular formula is C9H11N3O3S. The molecule has 7 heteroatoms. The zero-order valence-corrected chi connectivity index (χ0v) is 9.65. The lowest BCUT2D eigenvalue weighted by atomic mass is 10.3. The molecule has 1 heterocycles. The van der Waals surface area contributed by atoms with Crippen LogP contribution in [-0.4, -0.2) is 31.8 Å². The summed E-state index contributed by atoms with van der Waals surface area (Å²) in [4.78, 5) is 3.94. The zero-order chi connectivity index (χ0) is 11.8. The van der Waals surface area contributed by atoms with Crippen LogP contribution in [0.25, 0.3) is 11.1 Å². The lowest BCUT2D eigenvalue weighted by Gasteiger charge is -2.12. The molecule has 0 bridgehead atoms. The summed E-state index contributed by atoms with van der Waals surface area (Å²) in [5, 5.41) is 0. The Bertz CT molecular complexity index is 603. The fourth-order valence-corrected chi connectivity index (χ4v) is 1.77. The smallest absolute Gasteiger partial charge is 0.301 e. The number of fused-ring (bicyclic) bond motifs is 1. The van der Waals surface area contributed by atoms with Crippen molar-refractivity contribution in [1.82, 2.24) is 9.29 Å². The summed E-state index contributed by atoms with van der Waals surface area (Å²) in [5.74, 6) is 0. The molecule has 86 valence electrons. The van der Waals surface area contributed by atoms with Crippen LogP contribution in [0, 0.1) is 0 Å². The van der Waals surface area contributed by atoms with Crippen LogP contribution >= 0.6 is 0 Å². The van der Waals surface area contributed by atoms with Crippen molar-refractivity contribution in [1.29, 1.82) is 0 Å². The van der Waals surface area contributed by atoms with Gasteiger partial charge in [-0.15, -0.1) is 0 Å². The summed E-state index contributed by atoms with van der Waals surface area (Å²) in [6.45, 7) is 0. The molecule has 1 aromatic heterocycles. The van der Waals surface area contributed by atoms with Crippen LogP contribution in [0.1, 0.15) is 0 Å². The highest BCUT2D eigenvalue weighted by Gasteiger charge is 2.13. The van der Waals surface area contributed by atoms with Crippen molar-refractivity contribution in [2.24, 2.45) is 0 Å². The minimum absolute atomic E-state index is 0.454. The third kappa shape index (κ3) is 2.00. The first-order valence-corrected chi connectivity index (χ1v) is 5.96. The van der Waals surface area contributed by atoms with Crippen LogP contribution in [0.5, 0.6) is 0 Å². The summed E-state index contributed by atoms with van der Waals surface area (Å²) < 4.78 is 31.7. The maximum atomic E-state index is 11.5. The molecule has 1 N–H and O–H groups in total. The monoisotopic (exact) mass is 241 g/mol. The number of rotatable bonds is 3. The van der Waals surface area contributed by atoms with Gasteiger partial charge in [0.15, 0.2) is 12.0 Å². The van der Waals surface area contributed by atoms with Gasteiger partial charge in [0.25, 0.3) is 0 Å². The first kappa shape index (κ1) is 10.9. The topological polar surface area (TPSA) is 75.4 Å². The SMILES string of the molecule is CN(C)S(=O)(=O)Nc1ccc2ocnc2c1. The number of anilines is 1. The summed E-state index contributed by atoms with van der Waals surface area (Å²) in [5.41, 5.74) is 1.68. The maximum Gasteiger partial charge on any atom is 0.301 e. The van der Waals surface area contributed by atoms with E-state index in [0.717, 1.165) is 4.31 Å². The van der Waals surface area contributed by atoms with Gasteiger partial charge in [0.1, 0.15) is 5.52 Å². The Morgan fingerprint density at radius 1 is 1.38 bits per heavy atom. The van der Waals surface area contributed by atoms with Gasteiger partial charge in [-0.05, 0) is 18.2 Å². The molecule has 2 aromatic rings. The van der Waals surface area contributed by atoms with Gasteiger partial charge in [-0.2, -0.15) is 12.7 Å². The fourth-order valence-electron chi connectivity index (χ4n) is 1.16. The average molecular weight is 241 g/mol. The Hall–Kier alpha value is -1.60. The van der Waals surface area contributed by atoms with Gasteiger partial charge in [0.05, 0.1) is 5.69 Å². The third-order valence-electron chi connectivity index (χ3n) is 2.06. The second kappa shape index (κ2) is 3.76. The number of nitrogens with one attached hydrogen (secondary N) is 1.